The lowest BCUT2D eigenvalue weighted by atomic mass is 9.93. The first kappa shape index (κ1) is 25.7. The first-order valence-corrected chi connectivity index (χ1v) is 11.9. The molecule has 0 unspecified atom stereocenters. The third-order valence-electron chi connectivity index (χ3n) is 6.62. The van der Waals surface area contributed by atoms with Gasteiger partial charge in [0.2, 0.25) is 0 Å². The van der Waals surface area contributed by atoms with Gasteiger partial charge in [0, 0.05) is 43.7 Å². The summed E-state index contributed by atoms with van der Waals surface area (Å²) in [6.45, 7) is 0.914. The van der Waals surface area contributed by atoms with E-state index < -0.39 is 29.3 Å². The average molecular weight is 498 g/mol. The van der Waals surface area contributed by atoms with Crippen LogP contribution in [0.5, 0.6) is 0 Å². The summed E-state index contributed by atoms with van der Waals surface area (Å²) in [6, 6.07) is 12.3. The van der Waals surface area contributed by atoms with Gasteiger partial charge in [-0.3, -0.25) is 15.0 Å². The maximum absolute atomic E-state index is 11.6. The zero-order valence-corrected chi connectivity index (χ0v) is 19.7. The minimum absolute atomic E-state index is 0.0131. The van der Waals surface area contributed by atoms with Crippen LogP contribution in [-0.4, -0.2) is 90.8 Å². The van der Waals surface area contributed by atoms with Crippen LogP contribution in [0.1, 0.15) is 11.1 Å². The third kappa shape index (κ3) is 5.89. The van der Waals surface area contributed by atoms with Crippen LogP contribution < -0.4 is 5.32 Å². The molecular weight excluding hydrogens is 466 g/mol. The van der Waals surface area contributed by atoms with Crippen LogP contribution in [0.2, 0.25) is 0 Å². The molecule has 1 aromatic heterocycles. The van der Waals surface area contributed by atoms with Crippen molar-refractivity contribution in [1.29, 1.82) is 0 Å². The Labute approximate surface area is 208 Å². The number of imidazole rings is 1. The number of anilines is 1. The summed E-state index contributed by atoms with van der Waals surface area (Å²) >= 11 is 0. The molecule has 0 spiro atoms. The molecule has 1 saturated heterocycles. The molecule has 11 heteroatoms. The number of piperidine rings is 1. The Morgan fingerprint density at radius 2 is 1.81 bits per heavy atom. The lowest BCUT2D eigenvalue weighted by molar-refractivity contribution is -0.383. The van der Waals surface area contributed by atoms with Crippen LogP contribution in [0.25, 0.3) is 11.4 Å². The fourth-order valence-corrected chi connectivity index (χ4v) is 4.52. The van der Waals surface area contributed by atoms with Crippen molar-refractivity contribution in [2.45, 2.75) is 37.2 Å². The van der Waals surface area contributed by atoms with Crippen LogP contribution in [0, 0.1) is 10.1 Å². The number of nitrogens with one attached hydrogen (secondary N) is 2. The summed E-state index contributed by atoms with van der Waals surface area (Å²) in [5, 5.41) is 54.2. The predicted octanol–water partition coefficient (Wildman–Crippen LogP) is 0.941. The monoisotopic (exact) mass is 497 g/mol. The molecule has 2 heterocycles. The number of benzene rings is 2. The van der Waals surface area contributed by atoms with Crippen molar-refractivity contribution >= 4 is 11.4 Å². The number of aromatic amines is 1. The van der Waals surface area contributed by atoms with Gasteiger partial charge in [-0.1, -0.05) is 24.3 Å². The maximum atomic E-state index is 11.6. The number of nitro benzene ring substituents is 1. The van der Waals surface area contributed by atoms with Gasteiger partial charge in [0.15, 0.2) is 0 Å². The van der Waals surface area contributed by atoms with Crippen LogP contribution in [0.15, 0.2) is 54.9 Å². The first-order valence-electron chi connectivity index (χ1n) is 11.9. The standard InChI is InChI=1S/C25H31N5O6/c31-15-21-23(33)24(34)22(32)14-29(21)12-8-17-3-1-16(2-4-17)7-9-26-19-6-5-18(13-20(19)30(35)36)25-27-10-11-28-25/h1-6,10-11,13,21-24,26,31-34H,7-9,12,14-15H2,(H,27,28)/t21-,22+,23-,24-/m1/s1. The van der Waals surface area contributed by atoms with Crippen molar-refractivity contribution in [1.82, 2.24) is 14.9 Å². The molecular formula is C25H31N5O6. The smallest absolute Gasteiger partial charge is 0.293 e. The number of hydrogen-bond donors (Lipinski definition) is 6. The number of nitrogens with zero attached hydrogens (tertiary/aromatic N) is 3. The second-order valence-corrected chi connectivity index (χ2v) is 8.96. The van der Waals surface area contributed by atoms with E-state index in [4.69, 9.17) is 0 Å². The molecule has 0 aliphatic carbocycles. The van der Waals surface area contributed by atoms with E-state index in [1.165, 1.54) is 6.07 Å². The molecule has 0 radical (unpaired) electrons. The molecule has 0 bridgehead atoms. The number of nitro groups is 1. The number of rotatable bonds is 10. The molecule has 192 valence electrons. The summed E-state index contributed by atoms with van der Waals surface area (Å²) in [4.78, 5) is 20.0. The molecule has 36 heavy (non-hydrogen) atoms. The Bertz CT molecular complexity index is 1140. The van der Waals surface area contributed by atoms with Gasteiger partial charge in [-0.2, -0.15) is 0 Å². The normalized spacial score (nSPS) is 22.4. The highest BCUT2D eigenvalue weighted by Gasteiger charge is 2.40. The molecule has 1 aliphatic heterocycles. The molecule has 0 saturated carbocycles. The van der Waals surface area contributed by atoms with E-state index in [1.807, 2.05) is 24.3 Å². The lowest BCUT2D eigenvalue weighted by Crippen LogP contribution is -2.62. The van der Waals surface area contributed by atoms with Gasteiger partial charge in [-0.25, -0.2) is 4.98 Å². The maximum Gasteiger partial charge on any atom is 0.293 e. The highest BCUT2D eigenvalue weighted by atomic mass is 16.6. The first-order chi connectivity index (χ1) is 17.4. The number of aromatic nitrogens is 2. The summed E-state index contributed by atoms with van der Waals surface area (Å²) in [7, 11) is 0. The molecule has 1 aliphatic rings. The highest BCUT2D eigenvalue weighted by Crippen LogP contribution is 2.29. The van der Waals surface area contributed by atoms with E-state index in [1.54, 1.807) is 29.4 Å². The van der Waals surface area contributed by atoms with Crippen molar-refractivity contribution in [2.75, 3.05) is 31.6 Å². The fourth-order valence-electron chi connectivity index (χ4n) is 4.52. The molecule has 4 atom stereocenters. The van der Waals surface area contributed by atoms with Gasteiger partial charge in [-0.05, 0) is 36.1 Å². The van der Waals surface area contributed by atoms with Crippen LogP contribution in [-0.2, 0) is 12.8 Å². The summed E-state index contributed by atoms with van der Waals surface area (Å²) in [6.07, 6.45) is 1.06. The van der Waals surface area contributed by atoms with E-state index >= 15 is 0 Å². The zero-order chi connectivity index (χ0) is 25.7. The Morgan fingerprint density at radius 3 is 2.44 bits per heavy atom. The van der Waals surface area contributed by atoms with E-state index in [-0.39, 0.29) is 18.8 Å². The van der Waals surface area contributed by atoms with Gasteiger partial charge in [0.1, 0.15) is 23.7 Å². The van der Waals surface area contributed by atoms with Crippen molar-refractivity contribution < 1.29 is 25.3 Å². The lowest BCUT2D eigenvalue weighted by Gasteiger charge is -2.43. The van der Waals surface area contributed by atoms with E-state index in [0.29, 0.717) is 43.0 Å². The third-order valence-corrected chi connectivity index (χ3v) is 6.62. The van der Waals surface area contributed by atoms with Crippen LogP contribution >= 0.6 is 0 Å². The number of aliphatic hydroxyl groups is 4. The Hall–Kier alpha value is -3.35. The number of β-amino-alcohol motifs (C(OH)–C–C–N with tert-alkyl or cyclic N) is 1. The number of likely N-dealkylation sites (tertiary alicyclic amines) is 1. The molecule has 6 N–H and O–H groups in total. The summed E-state index contributed by atoms with van der Waals surface area (Å²) in [5.41, 5.74) is 3.20. The zero-order valence-electron chi connectivity index (χ0n) is 19.7. The molecule has 3 aromatic rings. The Kier molecular flexibility index (Phi) is 8.28. The van der Waals surface area contributed by atoms with E-state index in [0.717, 1.165) is 11.1 Å². The summed E-state index contributed by atoms with van der Waals surface area (Å²) < 4.78 is 0. The van der Waals surface area contributed by atoms with Crippen molar-refractivity contribution in [3.8, 4) is 11.4 Å². The molecule has 11 nitrogen and oxygen atoms in total. The second-order valence-electron chi connectivity index (χ2n) is 8.96. The number of H-pyrrole nitrogens is 1. The van der Waals surface area contributed by atoms with Crippen molar-refractivity contribution in [3.63, 3.8) is 0 Å². The minimum Gasteiger partial charge on any atom is -0.395 e. The Balaban J connectivity index is 1.30. The van der Waals surface area contributed by atoms with Gasteiger partial charge in [-0.15, -0.1) is 0 Å². The topological polar surface area (TPSA) is 168 Å². The van der Waals surface area contributed by atoms with Gasteiger partial charge in [0.25, 0.3) is 5.69 Å². The highest BCUT2D eigenvalue weighted by molar-refractivity contribution is 5.70. The average Bonchev–Trinajstić information content (AvgIpc) is 3.42. The van der Waals surface area contributed by atoms with Crippen LogP contribution in [0.3, 0.4) is 0 Å². The van der Waals surface area contributed by atoms with Gasteiger partial charge in [0.05, 0.1) is 23.7 Å². The largest absolute Gasteiger partial charge is 0.395 e. The number of hydrogen-bond acceptors (Lipinski definition) is 9. The van der Waals surface area contributed by atoms with Gasteiger partial charge < -0.3 is 30.7 Å². The summed E-state index contributed by atoms with van der Waals surface area (Å²) in [5.74, 6) is 0.571. The SMILES string of the molecule is O=[N+]([O-])c1cc(-c2ncc[nH]2)ccc1NCCc1ccc(CCN2C[C@H](O)[C@@H](O)[C@H](O)[C@H]2CO)cc1. The van der Waals surface area contributed by atoms with E-state index in [2.05, 4.69) is 15.3 Å². The molecule has 4 rings (SSSR count). The van der Waals surface area contributed by atoms with Crippen molar-refractivity contribution in [2.24, 2.45) is 0 Å². The minimum atomic E-state index is -1.26. The fraction of sp³-hybridized carbons (Fsp3) is 0.400. The van der Waals surface area contributed by atoms with Crippen molar-refractivity contribution in [3.05, 3.63) is 76.1 Å². The molecule has 2 aromatic carbocycles. The molecule has 1 fully saturated rings. The quantitative estimate of drug-likeness (QED) is 0.176. The predicted molar refractivity (Wildman–Crippen MR) is 133 cm³/mol. The second kappa shape index (κ2) is 11.6. The number of aliphatic hydroxyl groups excluding tert-OH is 4. The van der Waals surface area contributed by atoms with Gasteiger partial charge >= 0.3 is 0 Å². The van der Waals surface area contributed by atoms with Crippen LogP contribution in [0.4, 0.5) is 11.4 Å². The van der Waals surface area contributed by atoms with E-state index in [9.17, 15) is 30.5 Å². The Morgan fingerprint density at radius 1 is 1.08 bits per heavy atom. The molecule has 0 amide bonds.